The van der Waals surface area contributed by atoms with Gasteiger partial charge in [-0.05, 0) is 69.9 Å². The maximum Gasteiger partial charge on any atom is 0.410 e. The molecule has 4 rings (SSSR count). The molecule has 0 saturated carbocycles. The Morgan fingerprint density at radius 1 is 1.20 bits per heavy atom. The second-order valence-electron chi connectivity index (χ2n) is 9.65. The van der Waals surface area contributed by atoms with Gasteiger partial charge >= 0.3 is 12.1 Å². The molecule has 1 aromatic rings. The molecule has 1 spiro atoms. The van der Waals surface area contributed by atoms with E-state index in [1.54, 1.807) is 4.90 Å². The summed E-state index contributed by atoms with van der Waals surface area (Å²) in [6.07, 6.45) is 3.64. The SMILES string of the molecule is CC(C)(C)OC(=O)N1CCC(CCN2C(=O)NC3(CCc4ccccc43)C2=O)CC1. The van der Waals surface area contributed by atoms with E-state index in [-0.39, 0.29) is 18.0 Å². The summed E-state index contributed by atoms with van der Waals surface area (Å²) in [5, 5.41) is 2.98. The number of aryl methyl sites for hydroxylation is 1. The summed E-state index contributed by atoms with van der Waals surface area (Å²) < 4.78 is 5.45. The molecule has 3 aliphatic rings. The number of nitrogens with one attached hydrogen (secondary N) is 1. The standard InChI is InChI=1S/C23H31N3O4/c1-22(2,3)30-21(29)25-13-9-16(10-14-25)11-15-26-19(27)23(24-20(26)28)12-8-17-6-4-5-7-18(17)23/h4-7,16H,8-15H2,1-3H3,(H,24,28). The number of amides is 4. The Hall–Kier alpha value is -2.57. The molecule has 1 unspecified atom stereocenters. The molecular formula is C23H31N3O4. The van der Waals surface area contributed by atoms with Gasteiger partial charge in [0.25, 0.3) is 5.91 Å². The van der Waals surface area contributed by atoms with E-state index >= 15 is 0 Å². The monoisotopic (exact) mass is 413 g/mol. The Morgan fingerprint density at radius 3 is 2.60 bits per heavy atom. The minimum absolute atomic E-state index is 0.122. The minimum Gasteiger partial charge on any atom is -0.444 e. The molecule has 2 fully saturated rings. The molecule has 1 aromatic carbocycles. The van der Waals surface area contributed by atoms with Crippen molar-refractivity contribution in [3.8, 4) is 0 Å². The van der Waals surface area contributed by atoms with E-state index in [0.717, 1.165) is 36.8 Å². The van der Waals surface area contributed by atoms with Crippen molar-refractivity contribution < 1.29 is 19.1 Å². The molecule has 1 aliphatic carbocycles. The topological polar surface area (TPSA) is 79.0 Å². The van der Waals surface area contributed by atoms with E-state index in [1.807, 2.05) is 45.0 Å². The predicted octanol–water partition coefficient (Wildman–Crippen LogP) is 3.42. The summed E-state index contributed by atoms with van der Waals surface area (Å²) in [7, 11) is 0. The summed E-state index contributed by atoms with van der Waals surface area (Å²) >= 11 is 0. The summed E-state index contributed by atoms with van der Waals surface area (Å²) in [5.74, 6) is 0.264. The Morgan fingerprint density at radius 2 is 1.90 bits per heavy atom. The van der Waals surface area contributed by atoms with E-state index in [1.165, 1.54) is 4.90 Å². The lowest BCUT2D eigenvalue weighted by Gasteiger charge is -2.33. The molecule has 1 atom stereocenters. The van der Waals surface area contributed by atoms with Gasteiger partial charge in [-0.1, -0.05) is 24.3 Å². The normalized spacial score (nSPS) is 24.4. The van der Waals surface area contributed by atoms with Gasteiger partial charge in [-0.3, -0.25) is 9.69 Å². The van der Waals surface area contributed by atoms with Crippen molar-refractivity contribution in [3.05, 3.63) is 35.4 Å². The van der Waals surface area contributed by atoms with Gasteiger partial charge in [-0.15, -0.1) is 0 Å². The zero-order valence-electron chi connectivity index (χ0n) is 18.1. The maximum atomic E-state index is 13.2. The van der Waals surface area contributed by atoms with Crippen molar-refractivity contribution >= 4 is 18.0 Å². The Labute approximate surface area is 177 Å². The van der Waals surface area contributed by atoms with Gasteiger partial charge in [0.2, 0.25) is 0 Å². The van der Waals surface area contributed by atoms with Crippen LogP contribution in [0.2, 0.25) is 0 Å². The summed E-state index contributed by atoms with van der Waals surface area (Å²) in [5.41, 5.74) is 0.707. The molecule has 162 valence electrons. The van der Waals surface area contributed by atoms with Crippen LogP contribution in [0.15, 0.2) is 24.3 Å². The van der Waals surface area contributed by atoms with Gasteiger partial charge in [0.15, 0.2) is 0 Å². The highest BCUT2D eigenvalue weighted by atomic mass is 16.6. The molecule has 1 N–H and O–H groups in total. The number of benzene rings is 1. The number of likely N-dealkylation sites (tertiary alicyclic amines) is 1. The quantitative estimate of drug-likeness (QED) is 0.770. The highest BCUT2D eigenvalue weighted by Gasteiger charge is 2.55. The molecule has 0 radical (unpaired) electrons. The fraction of sp³-hybridized carbons (Fsp3) is 0.609. The molecule has 30 heavy (non-hydrogen) atoms. The van der Waals surface area contributed by atoms with Crippen molar-refractivity contribution in [2.75, 3.05) is 19.6 Å². The second kappa shape index (κ2) is 7.60. The lowest BCUT2D eigenvalue weighted by atomic mass is 9.91. The van der Waals surface area contributed by atoms with Gasteiger partial charge in [0.05, 0.1) is 0 Å². The smallest absolute Gasteiger partial charge is 0.410 e. The average molecular weight is 414 g/mol. The predicted molar refractivity (Wildman–Crippen MR) is 112 cm³/mol. The van der Waals surface area contributed by atoms with Crippen LogP contribution in [0, 0.1) is 5.92 Å². The molecule has 4 amide bonds. The fourth-order valence-electron chi connectivity index (χ4n) is 4.84. The average Bonchev–Trinajstić information content (AvgIpc) is 3.18. The Balaban J connectivity index is 1.32. The summed E-state index contributed by atoms with van der Waals surface area (Å²) in [6, 6.07) is 7.59. The van der Waals surface area contributed by atoms with Crippen LogP contribution in [0.1, 0.15) is 57.6 Å². The van der Waals surface area contributed by atoms with Crippen molar-refractivity contribution in [2.45, 2.75) is 64.0 Å². The number of piperidine rings is 1. The highest BCUT2D eigenvalue weighted by molar-refractivity contribution is 6.08. The largest absolute Gasteiger partial charge is 0.444 e. The van der Waals surface area contributed by atoms with Crippen molar-refractivity contribution in [1.29, 1.82) is 0 Å². The number of urea groups is 1. The first kappa shape index (κ1) is 20.7. The van der Waals surface area contributed by atoms with E-state index in [2.05, 4.69) is 5.32 Å². The first-order valence-corrected chi connectivity index (χ1v) is 10.9. The van der Waals surface area contributed by atoms with E-state index in [0.29, 0.717) is 32.0 Å². The molecule has 7 heteroatoms. The van der Waals surface area contributed by atoms with Crippen LogP contribution in [0.3, 0.4) is 0 Å². The summed E-state index contributed by atoms with van der Waals surface area (Å²) in [4.78, 5) is 41.2. The minimum atomic E-state index is -0.881. The van der Waals surface area contributed by atoms with Crippen LogP contribution in [0.4, 0.5) is 9.59 Å². The van der Waals surface area contributed by atoms with E-state index < -0.39 is 11.1 Å². The van der Waals surface area contributed by atoms with Gasteiger partial charge in [-0.25, -0.2) is 9.59 Å². The first-order chi connectivity index (χ1) is 14.2. The number of nitrogens with zero attached hydrogens (tertiary/aromatic N) is 2. The molecule has 0 aromatic heterocycles. The Bertz CT molecular complexity index is 854. The molecule has 2 heterocycles. The fourth-order valence-corrected chi connectivity index (χ4v) is 4.84. The zero-order valence-corrected chi connectivity index (χ0v) is 18.1. The number of hydrogen-bond acceptors (Lipinski definition) is 4. The van der Waals surface area contributed by atoms with Crippen molar-refractivity contribution in [3.63, 3.8) is 0 Å². The van der Waals surface area contributed by atoms with Crippen LogP contribution in [0.5, 0.6) is 0 Å². The molecule has 0 bridgehead atoms. The van der Waals surface area contributed by atoms with Gasteiger partial charge < -0.3 is 15.0 Å². The van der Waals surface area contributed by atoms with Gasteiger partial charge in [-0.2, -0.15) is 0 Å². The third kappa shape index (κ3) is 3.77. The molecule has 2 aliphatic heterocycles. The second-order valence-corrected chi connectivity index (χ2v) is 9.65. The number of fused-ring (bicyclic) bond motifs is 2. The molecular weight excluding hydrogens is 382 g/mol. The van der Waals surface area contributed by atoms with Crippen LogP contribution < -0.4 is 5.32 Å². The zero-order chi connectivity index (χ0) is 21.5. The maximum absolute atomic E-state index is 13.2. The first-order valence-electron chi connectivity index (χ1n) is 10.9. The third-order valence-electron chi connectivity index (χ3n) is 6.45. The Kier molecular flexibility index (Phi) is 5.24. The van der Waals surface area contributed by atoms with E-state index in [4.69, 9.17) is 4.74 Å². The number of imide groups is 1. The number of carbonyl (C=O) groups is 3. The van der Waals surface area contributed by atoms with Crippen LogP contribution in [-0.4, -0.2) is 53.1 Å². The summed E-state index contributed by atoms with van der Waals surface area (Å²) in [6.45, 7) is 7.32. The van der Waals surface area contributed by atoms with E-state index in [9.17, 15) is 14.4 Å². The third-order valence-corrected chi connectivity index (χ3v) is 6.45. The van der Waals surface area contributed by atoms with Gasteiger partial charge in [0.1, 0.15) is 11.1 Å². The number of carbonyl (C=O) groups excluding carboxylic acids is 3. The van der Waals surface area contributed by atoms with Crippen molar-refractivity contribution in [1.82, 2.24) is 15.1 Å². The van der Waals surface area contributed by atoms with Crippen LogP contribution >= 0.6 is 0 Å². The molecule has 7 nitrogen and oxygen atoms in total. The lowest BCUT2D eigenvalue weighted by molar-refractivity contribution is -0.131. The van der Waals surface area contributed by atoms with Crippen LogP contribution in [-0.2, 0) is 21.5 Å². The highest BCUT2D eigenvalue weighted by Crippen LogP contribution is 2.41. The van der Waals surface area contributed by atoms with Crippen LogP contribution in [0.25, 0.3) is 0 Å². The van der Waals surface area contributed by atoms with Crippen molar-refractivity contribution in [2.24, 2.45) is 5.92 Å². The number of rotatable bonds is 3. The lowest BCUT2D eigenvalue weighted by Crippen LogP contribution is -2.43. The number of hydrogen-bond donors (Lipinski definition) is 1. The van der Waals surface area contributed by atoms with Gasteiger partial charge in [0, 0.05) is 19.6 Å². The number of ether oxygens (including phenoxy) is 1. The molecule has 2 saturated heterocycles.